The fourth-order valence-corrected chi connectivity index (χ4v) is 2.30. The van der Waals surface area contributed by atoms with Gasteiger partial charge in [0.1, 0.15) is 11.5 Å². The van der Waals surface area contributed by atoms with Gasteiger partial charge in [-0.25, -0.2) is 4.39 Å². The highest BCUT2D eigenvalue weighted by atomic mass is 19.1. The molecule has 0 aliphatic carbocycles. The molecule has 0 atom stereocenters. The fraction of sp³-hybridized carbons (Fsp3) is 0.211. The summed E-state index contributed by atoms with van der Waals surface area (Å²) in [6.07, 6.45) is -0.413. The van der Waals surface area contributed by atoms with Gasteiger partial charge in [0.25, 0.3) is 11.6 Å². The highest BCUT2D eigenvalue weighted by Gasteiger charge is 2.17. The number of carbonyl (C=O) groups is 3. The Kier molecular flexibility index (Phi) is 6.91. The van der Waals surface area contributed by atoms with Gasteiger partial charge in [-0.1, -0.05) is 6.07 Å². The molecule has 1 N–H and O–H groups in total. The minimum Gasteiger partial charge on any atom is -0.456 e. The number of nitrogens with zero attached hydrogens (tertiary/aromatic N) is 1. The molecule has 146 valence electrons. The lowest BCUT2D eigenvalue weighted by atomic mass is 10.1. The smallest absolute Gasteiger partial charge is 0.306 e. The van der Waals surface area contributed by atoms with E-state index in [0.29, 0.717) is 5.56 Å². The van der Waals surface area contributed by atoms with Crippen molar-refractivity contribution in [2.75, 3.05) is 11.9 Å². The third-order valence-corrected chi connectivity index (χ3v) is 3.71. The molecular weight excluding hydrogens is 371 g/mol. The third-order valence-electron chi connectivity index (χ3n) is 3.71. The highest BCUT2D eigenvalue weighted by Crippen LogP contribution is 2.25. The number of nitrogens with one attached hydrogen (secondary N) is 1. The van der Waals surface area contributed by atoms with Crippen LogP contribution in [-0.4, -0.2) is 29.2 Å². The lowest BCUT2D eigenvalue weighted by molar-refractivity contribution is -0.384. The minimum absolute atomic E-state index is 0.0110. The number of anilines is 1. The molecule has 0 saturated heterocycles. The number of ketones is 1. The van der Waals surface area contributed by atoms with Crippen molar-refractivity contribution in [3.63, 3.8) is 0 Å². The van der Waals surface area contributed by atoms with Crippen molar-refractivity contribution >= 4 is 29.0 Å². The second-order valence-electron chi connectivity index (χ2n) is 5.92. The topological polar surface area (TPSA) is 116 Å². The van der Waals surface area contributed by atoms with E-state index in [9.17, 15) is 28.9 Å². The first-order valence-corrected chi connectivity index (χ1v) is 8.25. The summed E-state index contributed by atoms with van der Waals surface area (Å²) < 4.78 is 17.6. The van der Waals surface area contributed by atoms with E-state index >= 15 is 0 Å². The van der Waals surface area contributed by atoms with E-state index in [1.54, 1.807) is 13.0 Å². The second-order valence-corrected chi connectivity index (χ2v) is 5.92. The van der Waals surface area contributed by atoms with Crippen molar-refractivity contribution in [3.05, 3.63) is 69.5 Å². The summed E-state index contributed by atoms with van der Waals surface area (Å²) in [6.45, 7) is 1.03. The number of Topliss-reactive ketones (excluding diaryl/α,β-unsaturated/α-hetero) is 1. The molecule has 2 rings (SSSR count). The average Bonchev–Trinajstić information content (AvgIpc) is 2.66. The zero-order chi connectivity index (χ0) is 20.7. The molecule has 0 bridgehead atoms. The van der Waals surface area contributed by atoms with Gasteiger partial charge in [-0.3, -0.25) is 24.5 Å². The number of nitro groups is 1. The Balaban J connectivity index is 1.81. The maximum atomic E-state index is 12.8. The molecule has 2 aromatic carbocycles. The van der Waals surface area contributed by atoms with E-state index in [1.807, 2.05) is 0 Å². The number of benzene rings is 2. The number of nitro benzene ring substituents is 1. The van der Waals surface area contributed by atoms with Gasteiger partial charge >= 0.3 is 5.97 Å². The Hall–Kier alpha value is -3.62. The van der Waals surface area contributed by atoms with E-state index in [2.05, 4.69) is 5.32 Å². The number of esters is 1. The summed E-state index contributed by atoms with van der Waals surface area (Å²) in [4.78, 5) is 45.8. The summed E-state index contributed by atoms with van der Waals surface area (Å²) >= 11 is 0. The van der Waals surface area contributed by atoms with E-state index in [4.69, 9.17) is 4.74 Å². The molecule has 9 heteroatoms. The number of amides is 1. The van der Waals surface area contributed by atoms with Crippen LogP contribution < -0.4 is 5.32 Å². The van der Waals surface area contributed by atoms with Crippen molar-refractivity contribution < 1.29 is 28.4 Å². The van der Waals surface area contributed by atoms with Crippen molar-refractivity contribution in [2.24, 2.45) is 0 Å². The van der Waals surface area contributed by atoms with Gasteiger partial charge in [0.15, 0.2) is 12.4 Å². The number of ether oxygens (including phenoxy) is 1. The summed E-state index contributed by atoms with van der Waals surface area (Å²) in [5.41, 5.74) is 0.633. The van der Waals surface area contributed by atoms with Crippen LogP contribution in [0.25, 0.3) is 0 Å². The summed E-state index contributed by atoms with van der Waals surface area (Å²) in [6, 6.07) is 9.18. The Bertz CT molecular complexity index is 911. The number of aryl methyl sites for hydroxylation is 1. The van der Waals surface area contributed by atoms with Crippen molar-refractivity contribution in [2.45, 2.75) is 19.8 Å². The number of rotatable bonds is 8. The molecule has 8 nitrogen and oxygen atoms in total. The van der Waals surface area contributed by atoms with Crippen molar-refractivity contribution in [1.82, 2.24) is 0 Å². The standard InChI is InChI=1S/C19H17FN2O6/c1-12-2-7-15(16(10-12)22(26)27)21-18(24)11-28-19(25)9-8-17(23)13-3-5-14(20)6-4-13/h2-7,10H,8-9,11H2,1H3,(H,21,24). The highest BCUT2D eigenvalue weighted by molar-refractivity contribution is 5.98. The lowest BCUT2D eigenvalue weighted by Crippen LogP contribution is -2.21. The largest absolute Gasteiger partial charge is 0.456 e. The molecule has 0 aliphatic rings. The average molecular weight is 388 g/mol. The van der Waals surface area contributed by atoms with Gasteiger partial charge in [0.05, 0.1) is 11.3 Å². The summed E-state index contributed by atoms with van der Waals surface area (Å²) in [7, 11) is 0. The quantitative estimate of drug-likeness (QED) is 0.321. The van der Waals surface area contributed by atoms with Gasteiger partial charge < -0.3 is 10.1 Å². The first kappa shape index (κ1) is 20.7. The molecule has 0 saturated carbocycles. The predicted molar refractivity (Wildman–Crippen MR) is 97.4 cm³/mol. The number of carbonyl (C=O) groups excluding carboxylic acids is 3. The zero-order valence-electron chi connectivity index (χ0n) is 14.9. The molecule has 0 radical (unpaired) electrons. The van der Waals surface area contributed by atoms with Gasteiger partial charge in [-0.15, -0.1) is 0 Å². The summed E-state index contributed by atoms with van der Waals surface area (Å²) in [5, 5.41) is 13.3. The zero-order valence-corrected chi connectivity index (χ0v) is 14.9. The Morgan fingerprint density at radius 2 is 1.79 bits per heavy atom. The van der Waals surface area contributed by atoms with Crippen LogP contribution in [0, 0.1) is 22.9 Å². The van der Waals surface area contributed by atoms with Gasteiger partial charge in [0, 0.05) is 18.1 Å². The Labute approximate surface area is 159 Å². The van der Waals surface area contributed by atoms with Crippen LogP contribution in [0.4, 0.5) is 15.8 Å². The van der Waals surface area contributed by atoms with E-state index < -0.39 is 29.2 Å². The molecule has 0 spiro atoms. The molecule has 0 aliphatic heterocycles. The van der Waals surface area contributed by atoms with Gasteiger partial charge in [-0.05, 0) is 42.8 Å². The first-order chi connectivity index (χ1) is 13.3. The van der Waals surface area contributed by atoms with Crippen LogP contribution >= 0.6 is 0 Å². The van der Waals surface area contributed by atoms with Crippen LogP contribution in [0.2, 0.25) is 0 Å². The third kappa shape index (κ3) is 5.97. The maximum absolute atomic E-state index is 12.8. The number of halogens is 1. The molecule has 0 fully saturated rings. The normalized spacial score (nSPS) is 10.2. The predicted octanol–water partition coefficient (Wildman–Crippen LogP) is 3.19. The van der Waals surface area contributed by atoms with Crippen molar-refractivity contribution in [1.29, 1.82) is 0 Å². The molecule has 28 heavy (non-hydrogen) atoms. The molecule has 0 aromatic heterocycles. The van der Waals surface area contributed by atoms with E-state index in [0.717, 1.165) is 12.1 Å². The molecule has 1 amide bonds. The Morgan fingerprint density at radius 3 is 2.43 bits per heavy atom. The van der Waals surface area contributed by atoms with Crippen LogP contribution in [0.3, 0.4) is 0 Å². The van der Waals surface area contributed by atoms with Crippen LogP contribution in [0.5, 0.6) is 0 Å². The molecule has 2 aromatic rings. The van der Waals surface area contributed by atoms with Crippen LogP contribution in [0.1, 0.15) is 28.8 Å². The van der Waals surface area contributed by atoms with Crippen LogP contribution in [-0.2, 0) is 14.3 Å². The summed E-state index contributed by atoms with van der Waals surface area (Å²) in [5.74, 6) is -2.36. The maximum Gasteiger partial charge on any atom is 0.306 e. The van der Waals surface area contributed by atoms with Crippen LogP contribution in [0.15, 0.2) is 42.5 Å². The van der Waals surface area contributed by atoms with Crippen molar-refractivity contribution in [3.8, 4) is 0 Å². The van der Waals surface area contributed by atoms with Gasteiger partial charge in [0.2, 0.25) is 0 Å². The number of hydrogen-bond donors (Lipinski definition) is 1. The van der Waals surface area contributed by atoms with E-state index in [1.165, 1.54) is 24.3 Å². The SMILES string of the molecule is Cc1ccc(NC(=O)COC(=O)CCC(=O)c2ccc(F)cc2)c([N+](=O)[O-])c1. The number of hydrogen-bond acceptors (Lipinski definition) is 6. The minimum atomic E-state index is -0.774. The lowest BCUT2D eigenvalue weighted by Gasteiger charge is -2.08. The van der Waals surface area contributed by atoms with E-state index in [-0.39, 0.29) is 35.6 Å². The first-order valence-electron chi connectivity index (χ1n) is 8.25. The van der Waals surface area contributed by atoms with Gasteiger partial charge in [-0.2, -0.15) is 0 Å². The monoisotopic (exact) mass is 388 g/mol. The molecular formula is C19H17FN2O6. The fourth-order valence-electron chi connectivity index (χ4n) is 2.30. The molecule has 0 unspecified atom stereocenters. The Morgan fingerprint density at radius 1 is 1.11 bits per heavy atom. The second kappa shape index (κ2) is 9.36. The molecule has 0 heterocycles.